The van der Waals surface area contributed by atoms with Crippen LogP contribution in [0.4, 0.5) is 4.39 Å². The van der Waals surface area contributed by atoms with Gasteiger partial charge < -0.3 is 10.4 Å². The number of halogens is 2. The van der Waals surface area contributed by atoms with Crippen molar-refractivity contribution in [3.05, 3.63) is 34.1 Å². The fourth-order valence-corrected chi connectivity index (χ4v) is 1.89. The molecule has 1 aromatic carbocycles. The van der Waals surface area contributed by atoms with Gasteiger partial charge in [0.15, 0.2) is 0 Å². The van der Waals surface area contributed by atoms with Gasteiger partial charge in [-0.1, -0.05) is 15.9 Å². The molecule has 0 spiro atoms. The number of carboxylic acid groups (broad SMARTS) is 1. The molecule has 104 valence electrons. The number of hydrogen-bond donors (Lipinski definition) is 2. The van der Waals surface area contributed by atoms with Crippen molar-refractivity contribution in [3.63, 3.8) is 0 Å². The molecule has 6 heteroatoms. The van der Waals surface area contributed by atoms with Crippen LogP contribution in [-0.4, -0.2) is 22.5 Å². The lowest BCUT2D eigenvalue weighted by Crippen LogP contribution is -2.49. The third-order valence-corrected chi connectivity index (χ3v) is 3.39. The zero-order valence-corrected chi connectivity index (χ0v) is 12.3. The third kappa shape index (κ3) is 4.63. The highest BCUT2D eigenvalue weighted by Crippen LogP contribution is 2.19. The molecule has 0 radical (unpaired) electrons. The first-order chi connectivity index (χ1) is 8.72. The quantitative estimate of drug-likeness (QED) is 0.871. The van der Waals surface area contributed by atoms with Gasteiger partial charge in [0.25, 0.3) is 0 Å². The Balaban J connectivity index is 2.60. The van der Waals surface area contributed by atoms with Crippen LogP contribution in [0.15, 0.2) is 22.7 Å². The predicted molar refractivity (Wildman–Crippen MR) is 72.3 cm³/mol. The molecule has 1 amide bonds. The first kappa shape index (κ1) is 15.6. The van der Waals surface area contributed by atoms with Gasteiger partial charge >= 0.3 is 5.97 Å². The van der Waals surface area contributed by atoms with Gasteiger partial charge in [0.1, 0.15) is 11.4 Å². The van der Waals surface area contributed by atoms with Crippen LogP contribution < -0.4 is 5.32 Å². The summed E-state index contributed by atoms with van der Waals surface area (Å²) in [5, 5.41) is 11.3. The van der Waals surface area contributed by atoms with Gasteiger partial charge in [0, 0.05) is 10.9 Å². The summed E-state index contributed by atoms with van der Waals surface area (Å²) in [5.74, 6) is -1.86. The van der Waals surface area contributed by atoms with E-state index in [0.29, 0.717) is 12.0 Å². The predicted octanol–water partition coefficient (Wildman–Crippen LogP) is 2.50. The Labute approximate surface area is 119 Å². The third-order valence-electron chi connectivity index (χ3n) is 2.62. The smallest absolute Gasteiger partial charge is 0.328 e. The van der Waals surface area contributed by atoms with E-state index in [0.717, 1.165) is 4.47 Å². The van der Waals surface area contributed by atoms with E-state index in [2.05, 4.69) is 21.2 Å². The van der Waals surface area contributed by atoms with Crippen molar-refractivity contribution < 1.29 is 19.1 Å². The summed E-state index contributed by atoms with van der Waals surface area (Å²) in [7, 11) is 0. The van der Waals surface area contributed by atoms with Gasteiger partial charge in [-0.2, -0.15) is 0 Å². The fourth-order valence-electron chi connectivity index (χ4n) is 1.45. The molecule has 0 unspecified atom stereocenters. The van der Waals surface area contributed by atoms with Crippen molar-refractivity contribution in [1.82, 2.24) is 5.32 Å². The second-order valence-corrected chi connectivity index (χ2v) is 5.57. The van der Waals surface area contributed by atoms with E-state index >= 15 is 0 Å². The molecule has 0 saturated heterocycles. The van der Waals surface area contributed by atoms with Gasteiger partial charge in [0.05, 0.1) is 0 Å². The van der Waals surface area contributed by atoms with Gasteiger partial charge in [-0.05, 0) is 44.0 Å². The van der Waals surface area contributed by atoms with Crippen LogP contribution in [-0.2, 0) is 16.0 Å². The number of benzene rings is 1. The van der Waals surface area contributed by atoms with E-state index in [-0.39, 0.29) is 18.1 Å². The molecule has 0 atom stereocenters. The van der Waals surface area contributed by atoms with Crippen LogP contribution in [0.25, 0.3) is 0 Å². The normalized spacial score (nSPS) is 11.2. The largest absolute Gasteiger partial charge is 0.480 e. The number of rotatable bonds is 5. The average Bonchev–Trinajstić information content (AvgIpc) is 2.29. The number of carboxylic acids is 1. The summed E-state index contributed by atoms with van der Waals surface area (Å²) in [5.41, 5.74) is -0.640. The second-order valence-electron chi connectivity index (χ2n) is 4.71. The number of hydrogen-bond acceptors (Lipinski definition) is 2. The Bertz CT molecular complexity index is 503. The van der Waals surface area contributed by atoms with E-state index in [4.69, 9.17) is 5.11 Å². The molecule has 19 heavy (non-hydrogen) atoms. The number of carbonyl (C=O) groups is 2. The topological polar surface area (TPSA) is 66.4 Å². The lowest BCUT2D eigenvalue weighted by molar-refractivity contribution is -0.146. The second kappa shape index (κ2) is 6.14. The van der Waals surface area contributed by atoms with E-state index in [1.54, 1.807) is 6.07 Å². The van der Waals surface area contributed by atoms with E-state index in [9.17, 15) is 14.0 Å². The van der Waals surface area contributed by atoms with Crippen molar-refractivity contribution in [3.8, 4) is 0 Å². The maximum Gasteiger partial charge on any atom is 0.328 e. The Hall–Kier alpha value is -1.43. The highest BCUT2D eigenvalue weighted by molar-refractivity contribution is 9.10. The molecule has 0 aliphatic carbocycles. The van der Waals surface area contributed by atoms with Crippen molar-refractivity contribution in [1.29, 1.82) is 0 Å². The van der Waals surface area contributed by atoms with Crippen LogP contribution in [0.2, 0.25) is 0 Å². The number of amides is 1. The summed E-state index contributed by atoms with van der Waals surface area (Å²) < 4.78 is 13.8. The summed E-state index contributed by atoms with van der Waals surface area (Å²) in [4.78, 5) is 22.5. The summed E-state index contributed by atoms with van der Waals surface area (Å²) >= 11 is 3.27. The highest BCUT2D eigenvalue weighted by atomic mass is 79.9. The van der Waals surface area contributed by atoms with Crippen LogP contribution in [0.1, 0.15) is 25.8 Å². The summed E-state index contributed by atoms with van der Waals surface area (Å²) in [6.07, 6.45) is 0.429. The molecule has 0 bridgehead atoms. The Morgan fingerprint density at radius 2 is 2.05 bits per heavy atom. The van der Waals surface area contributed by atoms with Gasteiger partial charge in [0.2, 0.25) is 5.91 Å². The maximum atomic E-state index is 13.0. The number of nitrogens with one attached hydrogen (secondary N) is 1. The minimum atomic E-state index is -1.31. The molecule has 0 saturated carbocycles. The Morgan fingerprint density at radius 3 is 2.63 bits per heavy atom. The molecule has 2 N–H and O–H groups in total. The van der Waals surface area contributed by atoms with Crippen LogP contribution >= 0.6 is 15.9 Å². The van der Waals surface area contributed by atoms with Crippen molar-refractivity contribution in [2.45, 2.75) is 32.2 Å². The van der Waals surface area contributed by atoms with Crippen molar-refractivity contribution in [2.75, 3.05) is 0 Å². The molecule has 0 aliphatic heterocycles. The van der Waals surface area contributed by atoms with Gasteiger partial charge in [-0.3, -0.25) is 4.79 Å². The van der Waals surface area contributed by atoms with E-state index < -0.39 is 11.5 Å². The van der Waals surface area contributed by atoms with Crippen LogP contribution in [0.3, 0.4) is 0 Å². The highest BCUT2D eigenvalue weighted by Gasteiger charge is 2.28. The first-order valence-electron chi connectivity index (χ1n) is 5.70. The zero-order valence-electron chi connectivity index (χ0n) is 10.7. The lowest BCUT2D eigenvalue weighted by atomic mass is 10.0. The molecule has 0 aromatic heterocycles. The fraction of sp³-hybridized carbons (Fsp3) is 0.385. The molecule has 0 heterocycles. The van der Waals surface area contributed by atoms with E-state index in [1.165, 1.54) is 26.0 Å². The standard InChI is InChI=1S/C13H15BrFNO3/c1-13(2,12(18)19)16-11(17)6-3-8-7-9(15)4-5-10(8)14/h4-5,7H,3,6H2,1-2H3,(H,16,17)(H,18,19). The number of aliphatic carboxylic acids is 1. The molecular weight excluding hydrogens is 317 g/mol. The van der Waals surface area contributed by atoms with Crippen molar-refractivity contribution in [2.24, 2.45) is 0 Å². The average molecular weight is 332 g/mol. The van der Waals surface area contributed by atoms with Crippen LogP contribution in [0.5, 0.6) is 0 Å². The molecule has 4 nitrogen and oxygen atoms in total. The molecule has 1 rings (SSSR count). The number of carbonyl (C=O) groups excluding carboxylic acids is 1. The minimum absolute atomic E-state index is 0.0960. The molecule has 1 aromatic rings. The van der Waals surface area contributed by atoms with Gasteiger partial charge in [-0.15, -0.1) is 0 Å². The monoisotopic (exact) mass is 331 g/mol. The maximum absolute atomic E-state index is 13.0. The summed E-state index contributed by atoms with van der Waals surface area (Å²) in [6, 6.07) is 4.24. The number of aryl methyl sites for hydroxylation is 1. The SMILES string of the molecule is CC(C)(NC(=O)CCc1cc(F)ccc1Br)C(=O)O. The Morgan fingerprint density at radius 1 is 1.42 bits per heavy atom. The first-order valence-corrected chi connectivity index (χ1v) is 6.50. The lowest BCUT2D eigenvalue weighted by Gasteiger charge is -2.20. The van der Waals surface area contributed by atoms with E-state index in [1.807, 2.05) is 0 Å². The van der Waals surface area contributed by atoms with Crippen molar-refractivity contribution >= 4 is 27.8 Å². The molecular formula is C13H15BrFNO3. The van der Waals surface area contributed by atoms with Gasteiger partial charge in [-0.25, -0.2) is 9.18 Å². The zero-order chi connectivity index (χ0) is 14.6. The molecule has 0 fully saturated rings. The summed E-state index contributed by atoms with van der Waals surface area (Å²) in [6.45, 7) is 2.82. The molecule has 0 aliphatic rings. The van der Waals surface area contributed by atoms with Crippen LogP contribution in [0, 0.1) is 5.82 Å². The minimum Gasteiger partial charge on any atom is -0.480 e. The Kier molecular flexibility index (Phi) is 5.05.